The van der Waals surface area contributed by atoms with Crippen LogP contribution in [0.25, 0.3) is 0 Å². The standard InChI is InChI=1S/C22H36N2O4/c1-23(19-8-4-3-5-9-19)15-18-7-6-10-21(26-2)22(18)28-17-20(25)16-24-11-13-27-14-12-24/h6-7,10,19-20,25H,3-5,8-9,11-17H2,1-2H3. The van der Waals surface area contributed by atoms with Crippen molar-refractivity contribution in [2.45, 2.75) is 50.8 Å². The van der Waals surface area contributed by atoms with Crippen LogP contribution in [-0.2, 0) is 11.3 Å². The highest BCUT2D eigenvalue weighted by molar-refractivity contribution is 5.46. The second-order valence-corrected chi connectivity index (χ2v) is 8.03. The SMILES string of the molecule is COc1cccc(CN(C)C2CCCCC2)c1OCC(O)CN1CCOCC1. The van der Waals surface area contributed by atoms with Gasteiger partial charge in [-0.25, -0.2) is 0 Å². The van der Waals surface area contributed by atoms with Gasteiger partial charge in [-0.05, 0) is 26.0 Å². The molecule has 2 aliphatic rings. The molecule has 0 aromatic heterocycles. The van der Waals surface area contributed by atoms with E-state index in [0.29, 0.717) is 12.6 Å². The lowest BCUT2D eigenvalue weighted by molar-refractivity contribution is 0.00429. The van der Waals surface area contributed by atoms with Crippen LogP contribution in [0.1, 0.15) is 37.7 Å². The fourth-order valence-electron chi connectivity index (χ4n) is 4.24. The van der Waals surface area contributed by atoms with E-state index in [1.807, 2.05) is 12.1 Å². The van der Waals surface area contributed by atoms with E-state index < -0.39 is 6.10 Å². The fraction of sp³-hybridized carbons (Fsp3) is 0.727. The second-order valence-electron chi connectivity index (χ2n) is 8.03. The molecule has 1 aliphatic carbocycles. The fourth-order valence-corrected chi connectivity index (χ4v) is 4.24. The molecule has 1 saturated heterocycles. The molecule has 0 amide bonds. The summed E-state index contributed by atoms with van der Waals surface area (Å²) in [7, 11) is 3.87. The molecule has 1 heterocycles. The number of rotatable bonds is 9. The molecule has 0 radical (unpaired) electrons. The molecule has 1 aliphatic heterocycles. The third-order valence-electron chi connectivity index (χ3n) is 5.89. The number of ether oxygens (including phenoxy) is 3. The van der Waals surface area contributed by atoms with Crippen molar-refractivity contribution in [1.82, 2.24) is 9.80 Å². The number of morpholine rings is 1. The topological polar surface area (TPSA) is 54.4 Å². The summed E-state index contributed by atoms with van der Waals surface area (Å²) in [4.78, 5) is 4.66. The van der Waals surface area contributed by atoms with Gasteiger partial charge in [-0.2, -0.15) is 0 Å². The molecule has 1 aromatic rings. The van der Waals surface area contributed by atoms with Crippen molar-refractivity contribution in [3.05, 3.63) is 23.8 Å². The highest BCUT2D eigenvalue weighted by Crippen LogP contribution is 2.33. The van der Waals surface area contributed by atoms with Crippen LogP contribution in [0.2, 0.25) is 0 Å². The van der Waals surface area contributed by atoms with E-state index in [-0.39, 0.29) is 6.61 Å². The Balaban J connectivity index is 1.60. The van der Waals surface area contributed by atoms with E-state index in [2.05, 4.69) is 22.9 Å². The summed E-state index contributed by atoms with van der Waals surface area (Å²) in [6, 6.07) is 6.68. The summed E-state index contributed by atoms with van der Waals surface area (Å²) in [5, 5.41) is 10.4. The van der Waals surface area contributed by atoms with Crippen molar-refractivity contribution in [3.63, 3.8) is 0 Å². The smallest absolute Gasteiger partial charge is 0.165 e. The van der Waals surface area contributed by atoms with Gasteiger partial charge in [0.2, 0.25) is 0 Å². The predicted molar refractivity (Wildman–Crippen MR) is 110 cm³/mol. The van der Waals surface area contributed by atoms with E-state index in [0.717, 1.165) is 49.9 Å². The van der Waals surface area contributed by atoms with Gasteiger partial charge in [0.25, 0.3) is 0 Å². The normalized spacial score (nSPS) is 20.3. The Kier molecular flexibility index (Phi) is 8.40. The minimum absolute atomic E-state index is 0.262. The molecule has 1 unspecified atom stereocenters. The minimum Gasteiger partial charge on any atom is -0.493 e. The molecule has 28 heavy (non-hydrogen) atoms. The van der Waals surface area contributed by atoms with Crippen molar-refractivity contribution in [2.24, 2.45) is 0 Å². The third-order valence-corrected chi connectivity index (χ3v) is 5.89. The number of nitrogens with zero attached hydrogens (tertiary/aromatic N) is 2. The Morgan fingerprint density at radius 2 is 1.96 bits per heavy atom. The van der Waals surface area contributed by atoms with E-state index in [9.17, 15) is 5.11 Å². The minimum atomic E-state index is -0.535. The maximum absolute atomic E-state index is 10.4. The zero-order chi connectivity index (χ0) is 19.8. The Bertz CT molecular complexity index is 586. The van der Waals surface area contributed by atoms with Crippen molar-refractivity contribution < 1.29 is 19.3 Å². The Morgan fingerprint density at radius 1 is 1.21 bits per heavy atom. The third kappa shape index (κ3) is 6.08. The van der Waals surface area contributed by atoms with Crippen LogP contribution in [0.3, 0.4) is 0 Å². The van der Waals surface area contributed by atoms with Crippen LogP contribution in [0.15, 0.2) is 18.2 Å². The molecular formula is C22H36N2O4. The number of hydrogen-bond donors (Lipinski definition) is 1. The monoisotopic (exact) mass is 392 g/mol. The molecule has 158 valence electrons. The number of benzene rings is 1. The largest absolute Gasteiger partial charge is 0.493 e. The molecule has 0 spiro atoms. The first-order valence-corrected chi connectivity index (χ1v) is 10.6. The number of hydrogen-bond acceptors (Lipinski definition) is 6. The van der Waals surface area contributed by atoms with E-state index in [1.165, 1.54) is 32.1 Å². The first-order valence-electron chi connectivity index (χ1n) is 10.6. The van der Waals surface area contributed by atoms with Crippen molar-refractivity contribution in [1.29, 1.82) is 0 Å². The molecule has 3 rings (SSSR count). The van der Waals surface area contributed by atoms with Gasteiger partial charge in [-0.15, -0.1) is 0 Å². The lowest BCUT2D eigenvalue weighted by atomic mass is 9.94. The van der Waals surface area contributed by atoms with Crippen LogP contribution in [-0.4, -0.2) is 80.7 Å². The number of methoxy groups -OCH3 is 1. The number of aliphatic hydroxyl groups excluding tert-OH is 1. The maximum Gasteiger partial charge on any atom is 0.165 e. The summed E-state index contributed by atoms with van der Waals surface area (Å²) in [6.45, 7) is 4.90. The zero-order valence-corrected chi connectivity index (χ0v) is 17.4. The molecular weight excluding hydrogens is 356 g/mol. The maximum atomic E-state index is 10.4. The van der Waals surface area contributed by atoms with E-state index in [4.69, 9.17) is 14.2 Å². The number of para-hydroxylation sites is 1. The second kappa shape index (κ2) is 11.0. The lowest BCUT2D eigenvalue weighted by Crippen LogP contribution is -2.42. The summed E-state index contributed by atoms with van der Waals surface area (Å²) in [6.07, 6.45) is 6.02. The van der Waals surface area contributed by atoms with Gasteiger partial charge in [-0.1, -0.05) is 31.4 Å². The molecule has 6 nitrogen and oxygen atoms in total. The van der Waals surface area contributed by atoms with Gasteiger partial charge in [0.15, 0.2) is 11.5 Å². The molecule has 0 bridgehead atoms. The molecule has 1 atom stereocenters. The summed E-state index contributed by atoms with van der Waals surface area (Å²) in [5.74, 6) is 1.49. The molecule has 6 heteroatoms. The summed E-state index contributed by atoms with van der Waals surface area (Å²) >= 11 is 0. The summed E-state index contributed by atoms with van der Waals surface area (Å²) < 4.78 is 17.0. The predicted octanol–water partition coefficient (Wildman–Crippen LogP) is 2.53. The van der Waals surface area contributed by atoms with Crippen molar-refractivity contribution >= 4 is 0 Å². The zero-order valence-electron chi connectivity index (χ0n) is 17.4. The van der Waals surface area contributed by atoms with Crippen LogP contribution in [0.5, 0.6) is 11.5 Å². The van der Waals surface area contributed by atoms with Crippen LogP contribution >= 0.6 is 0 Å². The average molecular weight is 393 g/mol. The van der Waals surface area contributed by atoms with Gasteiger partial charge in [0, 0.05) is 37.8 Å². The highest BCUT2D eigenvalue weighted by Gasteiger charge is 2.21. The van der Waals surface area contributed by atoms with Crippen LogP contribution < -0.4 is 9.47 Å². The van der Waals surface area contributed by atoms with Crippen LogP contribution in [0.4, 0.5) is 0 Å². The lowest BCUT2D eigenvalue weighted by Gasteiger charge is -2.32. The molecule has 1 N–H and O–H groups in total. The van der Waals surface area contributed by atoms with Gasteiger partial charge >= 0.3 is 0 Å². The number of aliphatic hydroxyl groups is 1. The Morgan fingerprint density at radius 3 is 2.68 bits per heavy atom. The first-order chi connectivity index (χ1) is 13.7. The van der Waals surface area contributed by atoms with Crippen molar-refractivity contribution in [2.75, 3.05) is 53.6 Å². The first kappa shape index (κ1) is 21.4. The molecule has 1 saturated carbocycles. The highest BCUT2D eigenvalue weighted by atomic mass is 16.5. The van der Waals surface area contributed by atoms with Crippen molar-refractivity contribution in [3.8, 4) is 11.5 Å². The Labute approximate surface area is 169 Å². The van der Waals surface area contributed by atoms with E-state index in [1.54, 1.807) is 7.11 Å². The summed E-state index contributed by atoms with van der Waals surface area (Å²) in [5.41, 5.74) is 1.12. The van der Waals surface area contributed by atoms with Gasteiger partial charge in [0.05, 0.1) is 20.3 Å². The number of β-amino-alcohol motifs (C(OH)–C–C–N with tert-alkyl or cyclic N) is 1. The quantitative estimate of drug-likeness (QED) is 0.697. The van der Waals surface area contributed by atoms with Gasteiger partial charge in [-0.3, -0.25) is 9.80 Å². The average Bonchev–Trinajstić information content (AvgIpc) is 2.74. The van der Waals surface area contributed by atoms with Gasteiger partial charge < -0.3 is 19.3 Å². The molecule has 1 aromatic carbocycles. The van der Waals surface area contributed by atoms with E-state index >= 15 is 0 Å². The van der Waals surface area contributed by atoms with Gasteiger partial charge in [0.1, 0.15) is 12.7 Å². The molecule has 2 fully saturated rings. The van der Waals surface area contributed by atoms with Crippen LogP contribution in [0, 0.1) is 0 Å². The Hall–Kier alpha value is -1.34.